The fourth-order valence-electron chi connectivity index (χ4n) is 4.73. The van der Waals surface area contributed by atoms with Crippen molar-refractivity contribution in [1.82, 2.24) is 15.3 Å². The molecule has 9 heteroatoms. The van der Waals surface area contributed by atoms with Gasteiger partial charge in [-0.1, -0.05) is 11.6 Å². The third-order valence-corrected chi connectivity index (χ3v) is 7.16. The second-order valence-electron chi connectivity index (χ2n) is 9.22. The van der Waals surface area contributed by atoms with E-state index in [-0.39, 0.29) is 0 Å². The molecule has 0 radical (unpaired) electrons. The molecule has 1 aromatic carbocycles. The highest BCUT2D eigenvalue weighted by Crippen LogP contribution is 2.29. The Morgan fingerprint density at radius 3 is 2.54 bits per heavy atom. The lowest BCUT2D eigenvalue weighted by Gasteiger charge is -2.35. The first-order valence-corrected chi connectivity index (χ1v) is 13.1. The molecule has 2 aromatic heterocycles. The third-order valence-electron chi connectivity index (χ3n) is 6.67. The highest BCUT2D eigenvalue weighted by atomic mass is 35.5. The number of rotatable bonds is 6. The highest BCUT2D eigenvalue weighted by Gasteiger charge is 2.23. The molecule has 2 fully saturated rings. The van der Waals surface area contributed by atoms with Crippen molar-refractivity contribution in [2.24, 2.45) is 0 Å². The van der Waals surface area contributed by atoms with Gasteiger partial charge in [-0.15, -0.1) is 0 Å². The smallest absolute Gasteiger partial charge is 0.232 e. The van der Waals surface area contributed by atoms with Gasteiger partial charge in [0.2, 0.25) is 5.95 Å². The first-order chi connectivity index (χ1) is 17.0. The summed E-state index contributed by atoms with van der Waals surface area (Å²) in [5.41, 5.74) is 0.980. The highest BCUT2D eigenvalue weighted by molar-refractivity contribution is 7.80. The van der Waals surface area contributed by atoms with Gasteiger partial charge in [-0.25, -0.2) is 0 Å². The Morgan fingerprint density at radius 1 is 1.03 bits per heavy atom. The summed E-state index contributed by atoms with van der Waals surface area (Å²) in [5, 5.41) is 7.58. The van der Waals surface area contributed by atoms with Gasteiger partial charge >= 0.3 is 0 Å². The van der Waals surface area contributed by atoms with E-state index < -0.39 is 0 Å². The van der Waals surface area contributed by atoms with E-state index in [1.807, 2.05) is 36.4 Å². The van der Waals surface area contributed by atoms with E-state index in [9.17, 15) is 0 Å². The maximum absolute atomic E-state index is 5.99. The van der Waals surface area contributed by atoms with Gasteiger partial charge in [0.15, 0.2) is 5.11 Å². The van der Waals surface area contributed by atoms with Gasteiger partial charge in [0.25, 0.3) is 0 Å². The Labute approximate surface area is 216 Å². The average Bonchev–Trinajstić information content (AvgIpc) is 3.56. The molecule has 3 aromatic rings. The van der Waals surface area contributed by atoms with E-state index >= 15 is 0 Å². The summed E-state index contributed by atoms with van der Waals surface area (Å²) in [6.07, 6.45) is 6.05. The van der Waals surface area contributed by atoms with Crippen molar-refractivity contribution in [3.8, 4) is 11.3 Å². The molecule has 2 saturated heterocycles. The van der Waals surface area contributed by atoms with Crippen LogP contribution >= 0.6 is 23.8 Å². The van der Waals surface area contributed by atoms with E-state index in [1.165, 1.54) is 32.1 Å². The number of hydrogen-bond acceptors (Lipinski definition) is 6. The molecule has 0 aliphatic carbocycles. The molecular weight excluding hydrogens is 480 g/mol. The van der Waals surface area contributed by atoms with E-state index in [2.05, 4.69) is 33.4 Å². The molecule has 0 amide bonds. The minimum Gasteiger partial charge on any atom is -0.459 e. The number of thiocarbonyl (C=S) groups is 1. The first-order valence-electron chi connectivity index (χ1n) is 12.4. The third kappa shape index (κ3) is 5.87. The first kappa shape index (κ1) is 23.9. The van der Waals surface area contributed by atoms with Crippen LogP contribution in [0, 0.1) is 0 Å². The summed E-state index contributed by atoms with van der Waals surface area (Å²) in [6.45, 7) is 5.82. The topological polar surface area (TPSA) is 69.5 Å². The molecule has 7 nitrogen and oxygen atoms in total. The Kier molecular flexibility index (Phi) is 7.39. The van der Waals surface area contributed by atoms with Crippen LogP contribution in [0.15, 0.2) is 46.9 Å². The number of hydrogen-bond donors (Lipinski definition) is 2. The predicted molar refractivity (Wildman–Crippen MR) is 146 cm³/mol. The summed E-state index contributed by atoms with van der Waals surface area (Å²) < 4.78 is 5.97. The zero-order chi connectivity index (χ0) is 24.2. The maximum Gasteiger partial charge on any atom is 0.232 e. The number of aromatic nitrogens is 2. The van der Waals surface area contributed by atoms with E-state index in [0.29, 0.717) is 28.7 Å². The largest absolute Gasteiger partial charge is 0.459 e. The number of nitrogens with one attached hydrogen (secondary N) is 2. The molecule has 0 unspecified atom stereocenters. The van der Waals surface area contributed by atoms with Crippen LogP contribution in [0.1, 0.15) is 44.8 Å². The minimum atomic E-state index is 0.460. The maximum atomic E-state index is 5.99. The Morgan fingerprint density at radius 2 is 1.77 bits per heavy atom. The van der Waals surface area contributed by atoms with Crippen LogP contribution < -0.4 is 20.4 Å². The number of anilines is 3. The minimum absolute atomic E-state index is 0.460. The summed E-state index contributed by atoms with van der Waals surface area (Å²) in [7, 11) is 0. The van der Waals surface area contributed by atoms with Crippen LogP contribution in [0.5, 0.6) is 0 Å². The monoisotopic (exact) mass is 510 g/mol. The number of piperidine rings is 1. The van der Waals surface area contributed by atoms with Gasteiger partial charge in [0, 0.05) is 42.3 Å². The molecule has 4 heterocycles. The predicted octanol–water partition coefficient (Wildman–Crippen LogP) is 5.86. The second kappa shape index (κ2) is 10.8. The van der Waals surface area contributed by atoms with Gasteiger partial charge in [-0.2, -0.15) is 9.97 Å². The van der Waals surface area contributed by atoms with Crippen LogP contribution in [0.2, 0.25) is 5.02 Å². The molecule has 0 bridgehead atoms. The van der Waals surface area contributed by atoms with Gasteiger partial charge in [0.05, 0.1) is 6.54 Å². The van der Waals surface area contributed by atoms with Crippen molar-refractivity contribution < 1.29 is 4.42 Å². The Bertz CT molecular complexity index is 1160. The zero-order valence-electron chi connectivity index (χ0n) is 20.0. The summed E-state index contributed by atoms with van der Waals surface area (Å²) in [5.74, 6) is 4.04. The second-order valence-corrected chi connectivity index (χ2v) is 10.1. The van der Waals surface area contributed by atoms with Crippen molar-refractivity contribution in [2.75, 3.05) is 34.8 Å². The molecule has 5 rings (SSSR count). The number of furan rings is 1. The fourth-order valence-corrected chi connectivity index (χ4v) is 5.02. The zero-order valence-corrected chi connectivity index (χ0v) is 21.5. The lowest BCUT2D eigenvalue weighted by Crippen LogP contribution is -2.38. The lowest BCUT2D eigenvalue weighted by atomic mass is 10.0. The van der Waals surface area contributed by atoms with Crippen molar-refractivity contribution in [2.45, 2.75) is 51.6 Å². The molecule has 2 aliphatic heterocycles. The molecule has 184 valence electrons. The molecule has 2 N–H and O–H groups in total. The van der Waals surface area contributed by atoms with E-state index in [0.717, 1.165) is 48.4 Å². The summed E-state index contributed by atoms with van der Waals surface area (Å²) in [4.78, 5) is 14.4. The summed E-state index contributed by atoms with van der Waals surface area (Å²) >= 11 is 11.6. The average molecular weight is 511 g/mol. The lowest BCUT2D eigenvalue weighted by molar-refractivity contribution is 0.481. The molecule has 0 spiro atoms. The number of nitrogens with zero attached hydrogens (tertiary/aromatic N) is 4. The van der Waals surface area contributed by atoms with Crippen molar-refractivity contribution in [3.05, 3.63) is 53.2 Å². The van der Waals surface area contributed by atoms with E-state index in [1.54, 1.807) is 0 Å². The van der Waals surface area contributed by atoms with Crippen molar-refractivity contribution in [3.63, 3.8) is 0 Å². The molecule has 0 saturated carbocycles. The van der Waals surface area contributed by atoms with Gasteiger partial charge < -0.3 is 24.9 Å². The van der Waals surface area contributed by atoms with Crippen LogP contribution in [0.25, 0.3) is 11.3 Å². The van der Waals surface area contributed by atoms with Crippen LogP contribution in [-0.2, 0) is 6.54 Å². The number of halogens is 1. The van der Waals surface area contributed by atoms with Gasteiger partial charge in [-0.3, -0.25) is 0 Å². The standard InChI is InChI=1S/C26H31ClN6OS/c1-18-6-2-3-15-33(18)24-16-23(32-13-4-5-14-32)29-25(30-24)31-26(35)28-17-21-11-12-22(34-21)19-7-9-20(27)10-8-19/h7-12,16,18H,2-6,13-15,17H2,1H3,(H2,28,29,30,31,35)/t18-/m1/s1. The van der Waals surface area contributed by atoms with Gasteiger partial charge in [0.1, 0.15) is 23.2 Å². The fraction of sp³-hybridized carbons (Fsp3) is 0.423. The van der Waals surface area contributed by atoms with Crippen molar-refractivity contribution >= 4 is 46.5 Å². The van der Waals surface area contributed by atoms with E-state index in [4.69, 9.17) is 38.2 Å². The van der Waals surface area contributed by atoms with Crippen molar-refractivity contribution in [1.29, 1.82) is 0 Å². The molecule has 1 atom stereocenters. The van der Waals surface area contributed by atoms with Crippen LogP contribution in [0.4, 0.5) is 17.6 Å². The quantitative estimate of drug-likeness (QED) is 0.400. The normalized spacial score (nSPS) is 18.1. The number of benzene rings is 1. The van der Waals surface area contributed by atoms with Crippen LogP contribution in [0.3, 0.4) is 0 Å². The molecule has 35 heavy (non-hydrogen) atoms. The van der Waals surface area contributed by atoms with Crippen LogP contribution in [-0.4, -0.2) is 40.8 Å². The Hall–Kier alpha value is -2.84. The Balaban J connectivity index is 1.26. The molecule has 2 aliphatic rings. The summed E-state index contributed by atoms with van der Waals surface area (Å²) in [6, 6.07) is 14.1. The van der Waals surface area contributed by atoms with Gasteiger partial charge in [-0.05, 0) is 87.6 Å². The molecular formula is C26H31ClN6OS. The SMILES string of the molecule is C[C@@H]1CCCCN1c1cc(N2CCCC2)nc(NC(=S)NCc2ccc(-c3ccc(Cl)cc3)o2)n1.